The molecule has 1 aromatic heterocycles. The van der Waals surface area contributed by atoms with Crippen LogP contribution in [0.4, 0.5) is 5.69 Å². The van der Waals surface area contributed by atoms with E-state index in [-0.39, 0.29) is 17.8 Å². The molecular formula is C18H21N3O3. The lowest BCUT2D eigenvalue weighted by molar-refractivity contribution is -0.122. The second kappa shape index (κ2) is 6.86. The summed E-state index contributed by atoms with van der Waals surface area (Å²) in [4.78, 5) is 29.8. The fraction of sp³-hybridized carbons (Fsp3) is 0.389. The molecule has 2 N–H and O–H groups in total. The number of aromatic nitrogens is 1. The Hall–Kier alpha value is -2.63. The number of nitrogens with two attached hydrogens (primary N) is 1. The summed E-state index contributed by atoms with van der Waals surface area (Å²) < 4.78 is 5.02. The number of hydrogen-bond acceptors (Lipinski definition) is 5. The molecule has 0 spiro atoms. The quantitative estimate of drug-likeness (QED) is 0.869. The summed E-state index contributed by atoms with van der Waals surface area (Å²) >= 11 is 0. The number of rotatable bonds is 4. The number of fused-ring (bicyclic) bond motifs is 1. The van der Waals surface area contributed by atoms with Gasteiger partial charge in [0.25, 0.3) is 0 Å². The van der Waals surface area contributed by atoms with E-state index >= 15 is 0 Å². The number of amides is 1. The Labute approximate surface area is 140 Å². The Balaban J connectivity index is 1.89. The van der Waals surface area contributed by atoms with Gasteiger partial charge in [-0.25, -0.2) is 4.79 Å². The number of benzene rings is 1. The third kappa shape index (κ3) is 3.32. The molecule has 1 amide bonds. The van der Waals surface area contributed by atoms with Crippen LogP contribution in [-0.4, -0.2) is 36.6 Å². The Morgan fingerprint density at radius 2 is 2.21 bits per heavy atom. The normalized spacial score (nSPS) is 17.7. The summed E-state index contributed by atoms with van der Waals surface area (Å²) in [5, 5.41) is 0.874. The first-order chi connectivity index (χ1) is 11.6. The molecule has 2 aromatic rings. The van der Waals surface area contributed by atoms with Crippen molar-refractivity contribution in [3.05, 3.63) is 36.0 Å². The molecule has 126 valence electrons. The average molecular weight is 327 g/mol. The Morgan fingerprint density at radius 3 is 2.96 bits per heavy atom. The fourth-order valence-electron chi connectivity index (χ4n) is 3.09. The summed E-state index contributed by atoms with van der Waals surface area (Å²) in [7, 11) is 0. The van der Waals surface area contributed by atoms with E-state index in [1.165, 1.54) is 6.20 Å². The van der Waals surface area contributed by atoms with Crippen LogP contribution in [0.25, 0.3) is 10.9 Å². The van der Waals surface area contributed by atoms with E-state index < -0.39 is 0 Å². The topological polar surface area (TPSA) is 85.5 Å². The zero-order valence-corrected chi connectivity index (χ0v) is 13.7. The van der Waals surface area contributed by atoms with Crippen LogP contribution in [0.1, 0.15) is 30.1 Å². The number of nitrogens with zero attached hydrogens (tertiary/aromatic N) is 2. The number of ether oxygens (including phenoxy) is 1. The second-order valence-electron chi connectivity index (χ2n) is 6.01. The van der Waals surface area contributed by atoms with Crippen LogP contribution in [-0.2, 0) is 9.53 Å². The van der Waals surface area contributed by atoms with Gasteiger partial charge in [0.2, 0.25) is 5.91 Å². The van der Waals surface area contributed by atoms with Crippen molar-refractivity contribution in [1.82, 2.24) is 4.98 Å². The molecule has 24 heavy (non-hydrogen) atoms. The number of carbonyl (C=O) groups excluding carboxylic acids is 2. The smallest absolute Gasteiger partial charge is 0.339 e. The molecule has 0 aliphatic carbocycles. The standard InChI is InChI=1S/C18H21N3O3/c1-2-24-18(23)14-8-13-9-15(5-6-16(13)20-10-14)21-7-3-4-12(11-21)17(19)22/h5-6,8-10,12H,2-4,7,11H2,1H3,(H2,19,22). The summed E-state index contributed by atoms with van der Waals surface area (Å²) in [5.74, 6) is -0.728. The highest BCUT2D eigenvalue weighted by Crippen LogP contribution is 2.26. The number of esters is 1. The fourth-order valence-corrected chi connectivity index (χ4v) is 3.09. The van der Waals surface area contributed by atoms with Crippen molar-refractivity contribution < 1.29 is 14.3 Å². The molecule has 6 nitrogen and oxygen atoms in total. The monoisotopic (exact) mass is 327 g/mol. The molecule has 0 radical (unpaired) electrons. The lowest BCUT2D eigenvalue weighted by atomic mass is 9.97. The van der Waals surface area contributed by atoms with Gasteiger partial charge in [-0.3, -0.25) is 9.78 Å². The van der Waals surface area contributed by atoms with Gasteiger partial charge in [-0.1, -0.05) is 0 Å². The molecule has 1 aromatic carbocycles. The summed E-state index contributed by atoms with van der Waals surface area (Å²) in [5.41, 5.74) is 7.72. The van der Waals surface area contributed by atoms with Gasteiger partial charge in [-0.15, -0.1) is 0 Å². The zero-order valence-electron chi connectivity index (χ0n) is 13.7. The maximum Gasteiger partial charge on any atom is 0.339 e. The summed E-state index contributed by atoms with van der Waals surface area (Å²) in [6.45, 7) is 3.63. The SMILES string of the molecule is CCOC(=O)c1cnc2ccc(N3CCCC(C(N)=O)C3)cc2c1. The largest absolute Gasteiger partial charge is 0.462 e. The van der Waals surface area contributed by atoms with Crippen LogP contribution in [0.15, 0.2) is 30.5 Å². The Kier molecular flexibility index (Phi) is 4.64. The van der Waals surface area contributed by atoms with E-state index in [4.69, 9.17) is 10.5 Å². The minimum atomic E-state index is -0.371. The van der Waals surface area contributed by atoms with Gasteiger partial charge in [-0.05, 0) is 44.0 Å². The molecule has 1 aliphatic rings. The van der Waals surface area contributed by atoms with Crippen molar-refractivity contribution >= 4 is 28.5 Å². The first-order valence-electron chi connectivity index (χ1n) is 8.19. The van der Waals surface area contributed by atoms with E-state index in [0.29, 0.717) is 18.7 Å². The minimum absolute atomic E-state index is 0.113. The lowest BCUT2D eigenvalue weighted by Gasteiger charge is -2.33. The van der Waals surface area contributed by atoms with Crippen LogP contribution in [0.3, 0.4) is 0 Å². The Bertz CT molecular complexity index is 775. The van der Waals surface area contributed by atoms with Gasteiger partial charge in [0.15, 0.2) is 0 Å². The van der Waals surface area contributed by atoms with Crippen LogP contribution in [0, 0.1) is 5.92 Å². The van der Waals surface area contributed by atoms with Crippen molar-refractivity contribution in [2.75, 3.05) is 24.6 Å². The lowest BCUT2D eigenvalue weighted by Crippen LogP contribution is -2.41. The van der Waals surface area contributed by atoms with Gasteiger partial charge in [0, 0.05) is 30.4 Å². The van der Waals surface area contributed by atoms with Gasteiger partial charge in [0.05, 0.1) is 23.6 Å². The molecular weight excluding hydrogens is 306 g/mol. The predicted octanol–water partition coefficient (Wildman–Crippen LogP) is 2.11. The highest BCUT2D eigenvalue weighted by molar-refractivity contribution is 5.94. The number of piperidine rings is 1. The van der Waals surface area contributed by atoms with Gasteiger partial charge >= 0.3 is 5.97 Å². The maximum absolute atomic E-state index is 11.9. The summed E-state index contributed by atoms with van der Waals surface area (Å²) in [6.07, 6.45) is 3.31. The molecule has 0 bridgehead atoms. The van der Waals surface area contributed by atoms with E-state index in [9.17, 15) is 9.59 Å². The number of primary amides is 1. The van der Waals surface area contributed by atoms with Crippen LogP contribution in [0.2, 0.25) is 0 Å². The number of pyridine rings is 1. The van der Waals surface area contributed by atoms with E-state index in [2.05, 4.69) is 9.88 Å². The van der Waals surface area contributed by atoms with E-state index in [1.54, 1.807) is 13.0 Å². The maximum atomic E-state index is 11.9. The van der Waals surface area contributed by atoms with E-state index in [1.807, 2.05) is 18.2 Å². The molecule has 6 heteroatoms. The summed E-state index contributed by atoms with van der Waals surface area (Å²) in [6, 6.07) is 7.70. The molecule has 2 heterocycles. The first-order valence-corrected chi connectivity index (χ1v) is 8.19. The number of hydrogen-bond donors (Lipinski definition) is 1. The molecule has 1 atom stereocenters. The molecule has 1 fully saturated rings. The molecule has 0 saturated carbocycles. The number of anilines is 1. The molecule has 1 unspecified atom stereocenters. The van der Waals surface area contributed by atoms with Gasteiger partial charge in [-0.2, -0.15) is 0 Å². The van der Waals surface area contributed by atoms with Gasteiger partial charge < -0.3 is 15.4 Å². The Morgan fingerprint density at radius 1 is 1.38 bits per heavy atom. The number of carbonyl (C=O) groups is 2. The van der Waals surface area contributed by atoms with Crippen molar-refractivity contribution in [1.29, 1.82) is 0 Å². The second-order valence-corrected chi connectivity index (χ2v) is 6.01. The third-order valence-electron chi connectivity index (χ3n) is 4.36. The molecule has 1 saturated heterocycles. The highest BCUT2D eigenvalue weighted by Gasteiger charge is 2.24. The minimum Gasteiger partial charge on any atom is -0.462 e. The zero-order chi connectivity index (χ0) is 17.1. The average Bonchev–Trinajstić information content (AvgIpc) is 2.61. The predicted molar refractivity (Wildman–Crippen MR) is 91.8 cm³/mol. The van der Waals surface area contributed by atoms with Crippen LogP contribution < -0.4 is 10.6 Å². The molecule has 3 rings (SSSR count). The van der Waals surface area contributed by atoms with Crippen molar-refractivity contribution in [3.63, 3.8) is 0 Å². The van der Waals surface area contributed by atoms with Crippen LogP contribution in [0.5, 0.6) is 0 Å². The molecule has 1 aliphatic heterocycles. The van der Waals surface area contributed by atoms with Crippen molar-refractivity contribution in [2.24, 2.45) is 11.7 Å². The van der Waals surface area contributed by atoms with E-state index in [0.717, 1.165) is 36.0 Å². The van der Waals surface area contributed by atoms with Gasteiger partial charge in [0.1, 0.15) is 0 Å². The third-order valence-corrected chi connectivity index (χ3v) is 4.36. The van der Waals surface area contributed by atoms with Crippen molar-refractivity contribution in [2.45, 2.75) is 19.8 Å². The van der Waals surface area contributed by atoms with Crippen LogP contribution >= 0.6 is 0 Å². The highest BCUT2D eigenvalue weighted by atomic mass is 16.5. The van der Waals surface area contributed by atoms with Crippen molar-refractivity contribution in [3.8, 4) is 0 Å². The first kappa shape index (κ1) is 16.2.